The van der Waals surface area contributed by atoms with E-state index in [0.29, 0.717) is 0 Å². The lowest BCUT2D eigenvalue weighted by Crippen LogP contribution is -2.53. The van der Waals surface area contributed by atoms with Crippen molar-refractivity contribution >= 4 is 11.9 Å². The zero-order valence-electron chi connectivity index (χ0n) is 15.1. The van der Waals surface area contributed by atoms with Crippen LogP contribution in [0.2, 0.25) is 0 Å². The van der Waals surface area contributed by atoms with E-state index in [1.54, 1.807) is 11.6 Å². The lowest BCUT2D eigenvalue weighted by atomic mass is 9.94. The Morgan fingerprint density at radius 1 is 1.17 bits per heavy atom. The average molecular weight is 337 g/mol. The first kappa shape index (κ1) is 18.4. The van der Waals surface area contributed by atoms with Crippen molar-refractivity contribution < 1.29 is 14.3 Å². The number of amides is 1. The molecular formula is C16H27N5O3. The topological polar surface area (TPSA) is 99.0 Å². The first-order chi connectivity index (χ1) is 11.1. The predicted octanol–water partition coefficient (Wildman–Crippen LogP) is 1.87. The summed E-state index contributed by atoms with van der Waals surface area (Å²) in [7, 11) is 0. The number of tetrazole rings is 1. The fourth-order valence-corrected chi connectivity index (χ4v) is 3.02. The van der Waals surface area contributed by atoms with Crippen molar-refractivity contribution in [1.82, 2.24) is 25.5 Å². The standard InChI is InChI=1S/C16H27N5O3/c1-11(22)24-16(5,14(23)17-15(2,3)4)13-18-19-20-21(13)12-9-7-6-8-10-12/h12H,6-10H2,1-5H3,(H,17,23). The highest BCUT2D eigenvalue weighted by molar-refractivity contribution is 5.88. The van der Waals surface area contributed by atoms with E-state index in [4.69, 9.17) is 4.74 Å². The van der Waals surface area contributed by atoms with Crippen LogP contribution < -0.4 is 5.32 Å². The Kier molecular flexibility index (Phi) is 5.25. The second-order valence-electron chi connectivity index (χ2n) is 7.57. The van der Waals surface area contributed by atoms with E-state index in [1.165, 1.54) is 13.3 Å². The van der Waals surface area contributed by atoms with Gasteiger partial charge in [0.05, 0.1) is 6.04 Å². The van der Waals surface area contributed by atoms with Gasteiger partial charge in [0.1, 0.15) is 0 Å². The van der Waals surface area contributed by atoms with Crippen LogP contribution in [0.5, 0.6) is 0 Å². The molecule has 0 spiro atoms. The molecule has 1 fully saturated rings. The summed E-state index contributed by atoms with van der Waals surface area (Å²) >= 11 is 0. The fraction of sp³-hybridized carbons (Fsp3) is 0.812. The van der Waals surface area contributed by atoms with Gasteiger partial charge in [-0.1, -0.05) is 19.3 Å². The van der Waals surface area contributed by atoms with E-state index < -0.39 is 23.0 Å². The number of carbonyl (C=O) groups excluding carboxylic acids is 2. The van der Waals surface area contributed by atoms with E-state index in [-0.39, 0.29) is 11.9 Å². The molecule has 1 heterocycles. The van der Waals surface area contributed by atoms with Crippen molar-refractivity contribution in [3.05, 3.63) is 5.82 Å². The molecule has 1 aromatic rings. The van der Waals surface area contributed by atoms with E-state index in [1.807, 2.05) is 20.8 Å². The highest BCUT2D eigenvalue weighted by Gasteiger charge is 2.46. The van der Waals surface area contributed by atoms with Gasteiger partial charge in [-0.15, -0.1) is 5.10 Å². The minimum atomic E-state index is -1.57. The smallest absolute Gasteiger partial charge is 0.304 e. The summed E-state index contributed by atoms with van der Waals surface area (Å²) in [6.07, 6.45) is 5.30. The highest BCUT2D eigenvalue weighted by Crippen LogP contribution is 2.32. The minimum Gasteiger partial charge on any atom is -0.441 e. The Hall–Kier alpha value is -1.99. The van der Waals surface area contributed by atoms with Crippen LogP contribution in [-0.2, 0) is 19.9 Å². The maximum absolute atomic E-state index is 12.9. The van der Waals surface area contributed by atoms with Gasteiger partial charge in [-0.2, -0.15) is 0 Å². The third kappa shape index (κ3) is 4.10. The first-order valence-corrected chi connectivity index (χ1v) is 8.44. The summed E-state index contributed by atoms with van der Waals surface area (Å²) in [5, 5.41) is 14.7. The van der Waals surface area contributed by atoms with Crippen molar-refractivity contribution in [1.29, 1.82) is 0 Å². The summed E-state index contributed by atoms with van der Waals surface area (Å²) in [5.74, 6) is -0.719. The number of hydrogen-bond acceptors (Lipinski definition) is 6. The Morgan fingerprint density at radius 2 is 1.79 bits per heavy atom. The lowest BCUT2D eigenvalue weighted by Gasteiger charge is -2.32. The van der Waals surface area contributed by atoms with Crippen molar-refractivity contribution in [3.8, 4) is 0 Å². The lowest BCUT2D eigenvalue weighted by molar-refractivity contribution is -0.168. The van der Waals surface area contributed by atoms with Gasteiger partial charge in [-0.3, -0.25) is 9.59 Å². The summed E-state index contributed by atoms with van der Waals surface area (Å²) in [4.78, 5) is 24.5. The maximum Gasteiger partial charge on any atom is 0.304 e. The Bertz CT molecular complexity index is 601. The third-order valence-electron chi connectivity index (χ3n) is 4.11. The molecule has 1 unspecified atom stereocenters. The first-order valence-electron chi connectivity index (χ1n) is 8.44. The van der Waals surface area contributed by atoms with E-state index in [2.05, 4.69) is 20.8 Å². The van der Waals surface area contributed by atoms with E-state index in [0.717, 1.165) is 25.7 Å². The molecule has 134 valence electrons. The van der Waals surface area contributed by atoms with Crippen molar-refractivity contribution in [2.24, 2.45) is 0 Å². The summed E-state index contributed by atoms with van der Waals surface area (Å²) in [6, 6.07) is 0.126. The molecule has 2 rings (SSSR count). The summed E-state index contributed by atoms with van der Waals surface area (Å²) < 4.78 is 7.06. The Morgan fingerprint density at radius 3 is 2.33 bits per heavy atom. The Balaban J connectivity index is 2.39. The molecule has 8 nitrogen and oxygen atoms in total. The Labute approximate surface area is 142 Å². The van der Waals surface area contributed by atoms with E-state index in [9.17, 15) is 9.59 Å². The molecule has 1 aromatic heterocycles. The zero-order valence-corrected chi connectivity index (χ0v) is 15.1. The number of rotatable bonds is 4. The molecule has 0 bridgehead atoms. The van der Waals surface area contributed by atoms with Gasteiger partial charge in [0.2, 0.25) is 11.4 Å². The molecule has 24 heavy (non-hydrogen) atoms. The van der Waals surface area contributed by atoms with Gasteiger partial charge in [0.25, 0.3) is 5.91 Å². The van der Waals surface area contributed by atoms with Crippen LogP contribution in [0.3, 0.4) is 0 Å². The maximum atomic E-state index is 12.9. The van der Waals surface area contributed by atoms with Crippen LogP contribution in [0.15, 0.2) is 0 Å². The number of nitrogens with one attached hydrogen (secondary N) is 1. The highest BCUT2D eigenvalue weighted by atomic mass is 16.6. The fourth-order valence-electron chi connectivity index (χ4n) is 3.02. The largest absolute Gasteiger partial charge is 0.441 e. The number of aromatic nitrogens is 4. The van der Waals surface area contributed by atoms with Gasteiger partial charge in [-0.05, 0) is 51.0 Å². The molecular weight excluding hydrogens is 310 g/mol. The van der Waals surface area contributed by atoms with Crippen LogP contribution in [-0.4, -0.2) is 37.6 Å². The molecule has 1 atom stereocenters. The molecule has 8 heteroatoms. The van der Waals surface area contributed by atoms with E-state index >= 15 is 0 Å². The van der Waals surface area contributed by atoms with Gasteiger partial charge in [0, 0.05) is 12.5 Å². The summed E-state index contributed by atoms with van der Waals surface area (Å²) in [6.45, 7) is 8.41. The molecule has 1 aliphatic carbocycles. The summed E-state index contributed by atoms with van der Waals surface area (Å²) in [5.41, 5.74) is -2.04. The molecule has 0 saturated heterocycles. The van der Waals surface area contributed by atoms with Crippen molar-refractivity contribution in [3.63, 3.8) is 0 Å². The van der Waals surface area contributed by atoms with Crippen LogP contribution in [0.25, 0.3) is 0 Å². The quantitative estimate of drug-likeness (QED) is 0.842. The zero-order chi connectivity index (χ0) is 18.0. The number of ether oxygens (including phenoxy) is 1. The molecule has 0 radical (unpaired) electrons. The van der Waals surface area contributed by atoms with Gasteiger partial charge < -0.3 is 10.1 Å². The normalized spacial score (nSPS) is 18.7. The molecule has 1 N–H and O–H groups in total. The number of hydrogen-bond donors (Lipinski definition) is 1. The van der Waals surface area contributed by atoms with Crippen LogP contribution in [0, 0.1) is 0 Å². The van der Waals surface area contributed by atoms with Gasteiger partial charge in [0.15, 0.2) is 0 Å². The van der Waals surface area contributed by atoms with Crippen LogP contribution >= 0.6 is 0 Å². The minimum absolute atomic E-state index is 0.126. The number of esters is 1. The monoisotopic (exact) mass is 337 g/mol. The molecule has 1 amide bonds. The average Bonchev–Trinajstić information content (AvgIpc) is 2.95. The van der Waals surface area contributed by atoms with Crippen molar-refractivity contribution in [2.45, 2.75) is 83.9 Å². The molecule has 0 aromatic carbocycles. The SMILES string of the molecule is CC(=O)OC(C)(C(=O)NC(C)(C)C)c1nnnn1C1CCCCC1. The molecule has 1 aliphatic rings. The number of nitrogens with zero attached hydrogens (tertiary/aromatic N) is 4. The molecule has 0 aliphatic heterocycles. The second-order valence-corrected chi connectivity index (χ2v) is 7.57. The van der Waals surface area contributed by atoms with Gasteiger partial charge in [-0.25, -0.2) is 4.68 Å². The van der Waals surface area contributed by atoms with Gasteiger partial charge >= 0.3 is 5.97 Å². The van der Waals surface area contributed by atoms with Crippen LogP contribution in [0.4, 0.5) is 0 Å². The predicted molar refractivity (Wildman–Crippen MR) is 87.0 cm³/mol. The van der Waals surface area contributed by atoms with Crippen molar-refractivity contribution in [2.75, 3.05) is 0 Å². The third-order valence-corrected chi connectivity index (χ3v) is 4.11. The van der Waals surface area contributed by atoms with Crippen LogP contribution in [0.1, 0.15) is 78.6 Å². The number of carbonyl (C=O) groups is 2. The second kappa shape index (κ2) is 6.86. The molecule has 1 saturated carbocycles.